The Morgan fingerprint density at radius 3 is 1.91 bits per heavy atom. The summed E-state index contributed by atoms with van der Waals surface area (Å²) in [7, 11) is -4.32. The zero-order chi connectivity index (χ0) is 25.1. The zero-order valence-corrected chi connectivity index (χ0v) is 20.7. The van der Waals surface area contributed by atoms with Crippen LogP contribution in [-0.4, -0.2) is 68.7 Å². The molecule has 1 amide bonds. The van der Waals surface area contributed by atoms with Gasteiger partial charge in [0.05, 0.1) is 9.79 Å². The number of hydrogen-bond acceptors (Lipinski definition) is 8. The van der Waals surface area contributed by atoms with Crippen molar-refractivity contribution < 1.29 is 26.0 Å². The maximum Gasteiger partial charge on any atom is 0.322 e. The van der Waals surface area contributed by atoms with Crippen LogP contribution in [0.4, 0.5) is 6.01 Å². The average Bonchev–Trinajstić information content (AvgIpc) is 3.28. The van der Waals surface area contributed by atoms with Crippen molar-refractivity contribution in [3.05, 3.63) is 54.1 Å². The van der Waals surface area contributed by atoms with Gasteiger partial charge in [0.2, 0.25) is 25.9 Å². The molecule has 11 nitrogen and oxygen atoms in total. The molecule has 1 N–H and O–H groups in total. The van der Waals surface area contributed by atoms with Gasteiger partial charge >= 0.3 is 6.01 Å². The molecule has 182 valence electrons. The van der Waals surface area contributed by atoms with Crippen molar-refractivity contribution in [3.8, 4) is 11.5 Å². The Morgan fingerprint density at radius 2 is 1.38 bits per heavy atom. The second kappa shape index (κ2) is 10.0. The lowest BCUT2D eigenvalue weighted by molar-refractivity contribution is 0.102. The minimum absolute atomic E-state index is 0.0877. The van der Waals surface area contributed by atoms with E-state index in [9.17, 15) is 21.6 Å². The van der Waals surface area contributed by atoms with Crippen LogP contribution in [0.5, 0.6) is 0 Å². The van der Waals surface area contributed by atoms with E-state index in [4.69, 9.17) is 4.42 Å². The first-order chi connectivity index (χ1) is 16.0. The fraction of sp³-hybridized carbons (Fsp3) is 0.286. The van der Waals surface area contributed by atoms with Crippen LogP contribution < -0.4 is 5.32 Å². The molecule has 0 unspecified atom stereocenters. The molecule has 13 heteroatoms. The molecule has 0 aliphatic rings. The number of hydrogen-bond donors (Lipinski definition) is 1. The Hall–Kier alpha value is -3.13. The average molecular weight is 508 g/mol. The summed E-state index contributed by atoms with van der Waals surface area (Å²) in [5.41, 5.74) is 0.674. The predicted molar refractivity (Wildman–Crippen MR) is 125 cm³/mol. The summed E-state index contributed by atoms with van der Waals surface area (Å²) in [6.45, 7) is 4.19. The number of anilines is 1. The highest BCUT2D eigenvalue weighted by Gasteiger charge is 2.22. The number of carbonyl (C=O) groups excluding carboxylic acids is 1. The summed E-state index contributed by atoms with van der Waals surface area (Å²) in [6, 6.07) is 11.2. The molecule has 0 saturated heterocycles. The highest BCUT2D eigenvalue weighted by molar-refractivity contribution is 7.89. The summed E-state index contributed by atoms with van der Waals surface area (Å²) < 4.78 is 57.4. The summed E-state index contributed by atoms with van der Waals surface area (Å²) >= 11 is 0. The van der Waals surface area contributed by atoms with Crippen LogP contribution in [0, 0.1) is 0 Å². The van der Waals surface area contributed by atoms with E-state index in [1.165, 1.54) is 66.9 Å². The van der Waals surface area contributed by atoms with E-state index in [2.05, 4.69) is 15.5 Å². The predicted octanol–water partition coefficient (Wildman–Crippen LogP) is 2.27. The maximum absolute atomic E-state index is 12.6. The third-order valence-corrected chi connectivity index (χ3v) is 8.88. The maximum atomic E-state index is 12.6. The van der Waals surface area contributed by atoms with Crippen LogP contribution in [0.2, 0.25) is 0 Å². The van der Waals surface area contributed by atoms with E-state index in [1.807, 2.05) is 0 Å². The fourth-order valence-corrected chi connectivity index (χ4v) is 5.39. The normalized spacial score (nSPS) is 12.3. The minimum atomic E-state index is -3.63. The van der Waals surface area contributed by atoms with E-state index in [1.54, 1.807) is 13.8 Å². The number of nitrogens with one attached hydrogen (secondary N) is 1. The van der Waals surface area contributed by atoms with Crippen LogP contribution in [0.15, 0.2) is 62.7 Å². The Morgan fingerprint density at radius 1 is 0.853 bits per heavy atom. The van der Waals surface area contributed by atoms with E-state index in [0.717, 1.165) is 4.31 Å². The summed E-state index contributed by atoms with van der Waals surface area (Å²) in [5, 5.41) is 10.1. The van der Waals surface area contributed by atoms with Crippen molar-refractivity contribution in [3.63, 3.8) is 0 Å². The summed E-state index contributed by atoms with van der Waals surface area (Å²) in [4.78, 5) is 12.7. The van der Waals surface area contributed by atoms with Gasteiger partial charge in [-0.2, -0.15) is 4.31 Å². The van der Waals surface area contributed by atoms with Gasteiger partial charge in [-0.15, -0.1) is 5.10 Å². The van der Waals surface area contributed by atoms with Gasteiger partial charge in [-0.05, 0) is 48.5 Å². The van der Waals surface area contributed by atoms with Gasteiger partial charge < -0.3 is 4.42 Å². The molecule has 34 heavy (non-hydrogen) atoms. The number of sulfonamides is 2. The second-order valence-corrected chi connectivity index (χ2v) is 11.4. The summed E-state index contributed by atoms with van der Waals surface area (Å²) in [5.74, 6) is -0.473. The van der Waals surface area contributed by atoms with Gasteiger partial charge in [0.1, 0.15) is 0 Å². The van der Waals surface area contributed by atoms with Crippen molar-refractivity contribution in [2.75, 3.05) is 32.5 Å². The highest BCUT2D eigenvalue weighted by atomic mass is 32.2. The molecule has 0 atom stereocenters. The monoisotopic (exact) mass is 507 g/mol. The lowest BCUT2D eigenvalue weighted by atomic mass is 10.2. The number of nitrogens with zero attached hydrogens (tertiary/aromatic N) is 4. The first-order valence-electron chi connectivity index (χ1n) is 10.3. The standard InChI is InChI=1S/C21H25N5O6S2/c1-5-26(6-2)34(30,31)18-11-7-15(8-12-18)19(27)22-21-24-23-20(32-21)16-9-13-17(14-10-16)33(28,29)25(3)4/h7-14H,5-6H2,1-4H3,(H,22,24,27). The highest BCUT2D eigenvalue weighted by Crippen LogP contribution is 2.23. The Balaban J connectivity index is 1.72. The third kappa shape index (κ3) is 5.17. The number of rotatable bonds is 9. The van der Waals surface area contributed by atoms with Crippen molar-refractivity contribution in [1.82, 2.24) is 18.8 Å². The van der Waals surface area contributed by atoms with Crippen molar-refractivity contribution in [2.45, 2.75) is 23.6 Å². The van der Waals surface area contributed by atoms with Gasteiger partial charge in [-0.1, -0.05) is 18.9 Å². The van der Waals surface area contributed by atoms with E-state index in [-0.39, 0.29) is 27.3 Å². The Kier molecular flexibility index (Phi) is 7.51. The second-order valence-electron chi connectivity index (χ2n) is 7.29. The molecule has 3 rings (SSSR count). The number of carbonyl (C=O) groups is 1. The molecule has 1 heterocycles. The fourth-order valence-electron chi connectivity index (χ4n) is 3.03. The molecule has 0 aliphatic heterocycles. The molecular formula is C21H25N5O6S2. The number of amides is 1. The molecule has 0 aliphatic carbocycles. The van der Waals surface area contributed by atoms with Crippen molar-refractivity contribution in [1.29, 1.82) is 0 Å². The Bertz CT molecular complexity index is 1360. The number of aromatic nitrogens is 2. The van der Waals surface area contributed by atoms with Crippen molar-refractivity contribution >= 4 is 32.0 Å². The van der Waals surface area contributed by atoms with E-state index >= 15 is 0 Å². The van der Waals surface area contributed by atoms with Crippen LogP contribution in [-0.2, 0) is 20.0 Å². The topological polar surface area (TPSA) is 143 Å². The lowest BCUT2D eigenvalue weighted by Gasteiger charge is -2.18. The van der Waals surface area contributed by atoms with Gasteiger partial charge in [-0.25, -0.2) is 21.1 Å². The van der Waals surface area contributed by atoms with Gasteiger partial charge in [0, 0.05) is 38.3 Å². The van der Waals surface area contributed by atoms with Crippen LogP contribution in [0.3, 0.4) is 0 Å². The molecule has 0 bridgehead atoms. The van der Waals surface area contributed by atoms with E-state index in [0.29, 0.717) is 18.7 Å². The first-order valence-corrected chi connectivity index (χ1v) is 13.2. The Labute approximate surface area is 198 Å². The van der Waals surface area contributed by atoms with Crippen molar-refractivity contribution in [2.24, 2.45) is 0 Å². The molecule has 0 spiro atoms. The molecule has 3 aromatic rings. The zero-order valence-electron chi connectivity index (χ0n) is 19.1. The number of benzene rings is 2. The summed E-state index contributed by atoms with van der Waals surface area (Å²) in [6.07, 6.45) is 0. The molecule has 0 fully saturated rings. The minimum Gasteiger partial charge on any atom is -0.403 e. The quantitative estimate of drug-likeness (QED) is 0.465. The molecular weight excluding hydrogens is 482 g/mol. The van der Waals surface area contributed by atoms with Crippen LogP contribution >= 0.6 is 0 Å². The molecule has 0 saturated carbocycles. The van der Waals surface area contributed by atoms with Crippen LogP contribution in [0.1, 0.15) is 24.2 Å². The molecule has 0 radical (unpaired) electrons. The van der Waals surface area contributed by atoms with E-state index < -0.39 is 26.0 Å². The first kappa shape index (κ1) is 25.5. The van der Waals surface area contributed by atoms with Gasteiger partial charge in [0.15, 0.2) is 0 Å². The largest absolute Gasteiger partial charge is 0.403 e. The SMILES string of the molecule is CCN(CC)S(=O)(=O)c1ccc(C(=O)Nc2nnc(-c3ccc(S(=O)(=O)N(C)C)cc3)o2)cc1. The lowest BCUT2D eigenvalue weighted by Crippen LogP contribution is -2.30. The van der Waals surface area contributed by atoms with Gasteiger partial charge in [-0.3, -0.25) is 10.1 Å². The molecule has 2 aromatic carbocycles. The third-order valence-electron chi connectivity index (χ3n) is 4.99. The van der Waals surface area contributed by atoms with Gasteiger partial charge in [0.25, 0.3) is 5.91 Å². The van der Waals surface area contributed by atoms with Crippen LogP contribution in [0.25, 0.3) is 11.5 Å². The molecule has 1 aromatic heterocycles. The smallest absolute Gasteiger partial charge is 0.322 e.